The first-order chi connectivity index (χ1) is 15.6. The van der Waals surface area contributed by atoms with Gasteiger partial charge in [0.25, 0.3) is 5.91 Å². The van der Waals surface area contributed by atoms with Gasteiger partial charge >= 0.3 is 0 Å². The summed E-state index contributed by atoms with van der Waals surface area (Å²) in [6.07, 6.45) is 2.04. The van der Waals surface area contributed by atoms with Crippen molar-refractivity contribution in [3.63, 3.8) is 0 Å². The highest BCUT2D eigenvalue weighted by Gasteiger charge is 2.25. The van der Waals surface area contributed by atoms with Gasteiger partial charge in [0.05, 0.1) is 21.4 Å². The van der Waals surface area contributed by atoms with E-state index in [0.717, 1.165) is 23.7 Å². The first-order valence-electron chi connectivity index (χ1n) is 10.6. The average molecular weight is 450 g/mol. The Morgan fingerprint density at radius 2 is 1.84 bits per heavy atom. The number of aromatic nitrogens is 1. The van der Waals surface area contributed by atoms with Crippen LogP contribution in [-0.2, 0) is 4.79 Å². The molecule has 2 heterocycles. The molecule has 8 heteroatoms. The number of hydrogen-bond donors (Lipinski definition) is 2. The maximum Gasteiger partial charge on any atom is 0.252 e. The Balaban J connectivity index is 1.33. The molecule has 0 spiro atoms. The Kier molecular flexibility index (Phi) is 5.61. The molecule has 2 N–H and O–H groups in total. The summed E-state index contributed by atoms with van der Waals surface area (Å²) in [6, 6.07) is 15.0. The number of hydrogen-bond acceptors (Lipinski definition) is 6. The van der Waals surface area contributed by atoms with Crippen LogP contribution in [0.5, 0.6) is 11.5 Å². The molecule has 1 aliphatic carbocycles. The molecule has 3 aromatic rings. The van der Waals surface area contributed by atoms with E-state index in [-0.39, 0.29) is 17.9 Å². The minimum Gasteiger partial charge on any atom is -0.486 e. The van der Waals surface area contributed by atoms with E-state index in [0.29, 0.717) is 41.0 Å². The maximum absolute atomic E-state index is 12.8. The van der Waals surface area contributed by atoms with E-state index < -0.39 is 5.25 Å². The highest BCUT2D eigenvalue weighted by Crippen LogP contribution is 2.33. The number of carbonyl (C=O) groups excluding carboxylic acids is 2. The zero-order chi connectivity index (χ0) is 22.1. The van der Waals surface area contributed by atoms with Crippen LogP contribution >= 0.6 is 11.8 Å². The van der Waals surface area contributed by atoms with Gasteiger partial charge < -0.3 is 20.1 Å². The van der Waals surface area contributed by atoms with Crippen molar-refractivity contribution in [2.45, 2.75) is 36.1 Å². The van der Waals surface area contributed by atoms with Crippen LogP contribution in [0.4, 0.5) is 5.69 Å². The molecule has 1 atom stereocenters. The van der Waals surface area contributed by atoms with Crippen LogP contribution in [0, 0.1) is 0 Å². The summed E-state index contributed by atoms with van der Waals surface area (Å²) in [5.41, 5.74) is 1.96. The van der Waals surface area contributed by atoms with E-state index in [1.54, 1.807) is 24.3 Å². The molecule has 1 aromatic heterocycles. The topological polar surface area (TPSA) is 89.6 Å². The summed E-state index contributed by atoms with van der Waals surface area (Å²) >= 11 is 1.32. The van der Waals surface area contributed by atoms with Gasteiger partial charge in [0.15, 0.2) is 11.5 Å². The fourth-order valence-corrected chi connectivity index (χ4v) is 4.35. The minimum absolute atomic E-state index is 0.0960. The molecule has 5 rings (SSSR count). The fraction of sp³-hybridized carbons (Fsp3) is 0.292. The van der Waals surface area contributed by atoms with Crippen molar-refractivity contribution in [1.29, 1.82) is 0 Å². The Morgan fingerprint density at radius 3 is 2.66 bits per heavy atom. The predicted molar refractivity (Wildman–Crippen MR) is 124 cm³/mol. The Hall–Kier alpha value is -3.26. The van der Waals surface area contributed by atoms with Gasteiger partial charge in [0, 0.05) is 23.2 Å². The van der Waals surface area contributed by atoms with Crippen LogP contribution in [0.25, 0.3) is 10.9 Å². The van der Waals surface area contributed by atoms with Gasteiger partial charge in [-0.05, 0) is 44.0 Å². The standard InChI is InChI=1S/C24H23N3O4S/c1-14(23(28)26-16-8-9-20-21(12-16)31-11-10-30-20)32-22-13-18(24(29)25-15-6-7-15)17-4-2-3-5-19(17)27-22/h2-5,8-9,12-15H,6-7,10-11H2,1H3,(H,25,29)(H,26,28). The maximum atomic E-state index is 12.8. The van der Waals surface area contributed by atoms with E-state index in [9.17, 15) is 9.59 Å². The number of ether oxygens (including phenoxy) is 2. The third kappa shape index (κ3) is 4.50. The molecular formula is C24H23N3O4S. The predicted octanol–water partition coefficient (Wildman–Crippen LogP) is 4.02. The van der Waals surface area contributed by atoms with Crippen LogP contribution < -0.4 is 20.1 Å². The van der Waals surface area contributed by atoms with Gasteiger partial charge in [-0.25, -0.2) is 4.98 Å². The molecule has 164 valence electrons. The van der Waals surface area contributed by atoms with Crippen LogP contribution in [0.2, 0.25) is 0 Å². The largest absolute Gasteiger partial charge is 0.486 e. The summed E-state index contributed by atoms with van der Waals surface area (Å²) < 4.78 is 11.1. The molecule has 2 aromatic carbocycles. The first kappa shape index (κ1) is 20.6. The highest BCUT2D eigenvalue weighted by molar-refractivity contribution is 8.00. The van der Waals surface area contributed by atoms with Gasteiger partial charge in [-0.3, -0.25) is 9.59 Å². The zero-order valence-electron chi connectivity index (χ0n) is 17.6. The lowest BCUT2D eigenvalue weighted by molar-refractivity contribution is -0.115. The molecular weight excluding hydrogens is 426 g/mol. The van der Waals surface area contributed by atoms with Crippen LogP contribution in [0.15, 0.2) is 53.6 Å². The van der Waals surface area contributed by atoms with Crippen molar-refractivity contribution in [2.75, 3.05) is 18.5 Å². The second-order valence-electron chi connectivity index (χ2n) is 7.88. The number of carbonyl (C=O) groups is 2. The molecule has 1 aliphatic heterocycles. The molecule has 1 fully saturated rings. The lowest BCUT2D eigenvalue weighted by Gasteiger charge is -2.19. The molecule has 2 aliphatic rings. The van der Waals surface area contributed by atoms with Crippen molar-refractivity contribution < 1.29 is 19.1 Å². The van der Waals surface area contributed by atoms with Gasteiger partial charge in [-0.1, -0.05) is 30.0 Å². The summed E-state index contributed by atoms with van der Waals surface area (Å²) in [5.74, 6) is 1.04. The van der Waals surface area contributed by atoms with E-state index in [1.165, 1.54) is 11.8 Å². The number of benzene rings is 2. The molecule has 0 saturated heterocycles. The number of para-hydroxylation sites is 1. The number of amides is 2. The minimum atomic E-state index is -0.420. The Morgan fingerprint density at radius 1 is 1.06 bits per heavy atom. The van der Waals surface area contributed by atoms with E-state index in [4.69, 9.17) is 9.47 Å². The van der Waals surface area contributed by atoms with Gasteiger partial charge in [-0.2, -0.15) is 0 Å². The fourth-order valence-electron chi connectivity index (χ4n) is 3.49. The zero-order valence-corrected chi connectivity index (χ0v) is 18.4. The van der Waals surface area contributed by atoms with Gasteiger partial charge in [0.2, 0.25) is 5.91 Å². The number of rotatable bonds is 6. The van der Waals surface area contributed by atoms with E-state index >= 15 is 0 Å². The van der Waals surface area contributed by atoms with E-state index in [2.05, 4.69) is 15.6 Å². The lowest BCUT2D eigenvalue weighted by atomic mass is 10.1. The van der Waals surface area contributed by atoms with Crippen molar-refractivity contribution in [1.82, 2.24) is 10.3 Å². The summed E-state index contributed by atoms with van der Waals surface area (Å²) in [6.45, 7) is 2.82. The monoisotopic (exact) mass is 449 g/mol. The first-order valence-corrected chi connectivity index (χ1v) is 11.5. The normalized spacial score (nSPS) is 15.8. The molecule has 0 radical (unpaired) electrons. The average Bonchev–Trinajstić information content (AvgIpc) is 3.62. The number of anilines is 1. The van der Waals surface area contributed by atoms with Gasteiger partial charge in [-0.15, -0.1) is 0 Å². The Bertz CT molecular complexity index is 1200. The smallest absolute Gasteiger partial charge is 0.252 e. The van der Waals surface area contributed by atoms with Crippen LogP contribution in [0.3, 0.4) is 0 Å². The molecule has 0 bridgehead atoms. The quantitative estimate of drug-likeness (QED) is 0.553. The third-order valence-electron chi connectivity index (χ3n) is 5.33. The molecule has 32 heavy (non-hydrogen) atoms. The SMILES string of the molecule is CC(Sc1cc(C(=O)NC2CC2)c2ccccc2n1)C(=O)Nc1ccc2c(c1)OCCO2. The summed E-state index contributed by atoms with van der Waals surface area (Å²) in [7, 11) is 0. The lowest BCUT2D eigenvalue weighted by Crippen LogP contribution is -2.26. The number of fused-ring (bicyclic) bond motifs is 2. The number of nitrogens with one attached hydrogen (secondary N) is 2. The second kappa shape index (κ2) is 8.70. The number of thioether (sulfide) groups is 1. The van der Waals surface area contributed by atoms with Crippen molar-refractivity contribution in [2.24, 2.45) is 0 Å². The van der Waals surface area contributed by atoms with E-state index in [1.807, 2.05) is 31.2 Å². The second-order valence-corrected chi connectivity index (χ2v) is 9.24. The summed E-state index contributed by atoms with van der Waals surface area (Å²) in [4.78, 5) is 30.3. The number of nitrogens with zero attached hydrogens (tertiary/aromatic N) is 1. The third-order valence-corrected chi connectivity index (χ3v) is 6.34. The van der Waals surface area contributed by atoms with Crippen LogP contribution in [0.1, 0.15) is 30.1 Å². The molecule has 1 saturated carbocycles. The summed E-state index contributed by atoms with van der Waals surface area (Å²) in [5, 5.41) is 6.99. The van der Waals surface area contributed by atoms with Crippen molar-refractivity contribution in [3.8, 4) is 11.5 Å². The molecule has 1 unspecified atom stereocenters. The molecule has 7 nitrogen and oxygen atoms in total. The van der Waals surface area contributed by atoms with Crippen molar-refractivity contribution in [3.05, 3.63) is 54.1 Å². The Labute approximate surface area is 189 Å². The number of pyridine rings is 1. The molecule has 2 amide bonds. The van der Waals surface area contributed by atoms with Crippen LogP contribution in [-0.4, -0.2) is 41.3 Å². The highest BCUT2D eigenvalue weighted by atomic mass is 32.2. The van der Waals surface area contributed by atoms with Crippen molar-refractivity contribution >= 4 is 40.2 Å². The van der Waals surface area contributed by atoms with Gasteiger partial charge in [0.1, 0.15) is 13.2 Å².